The number of aryl methyl sites for hydroxylation is 2. The maximum absolute atomic E-state index is 12.5. The van der Waals surface area contributed by atoms with Crippen LogP contribution in [0.3, 0.4) is 0 Å². The molecule has 0 radical (unpaired) electrons. The maximum Gasteiger partial charge on any atom is 0.246 e. The Morgan fingerprint density at radius 3 is 2.86 bits per heavy atom. The van der Waals surface area contributed by atoms with Gasteiger partial charge in [-0.1, -0.05) is 0 Å². The third-order valence-electron chi connectivity index (χ3n) is 4.29. The van der Waals surface area contributed by atoms with E-state index in [0.717, 1.165) is 35.1 Å². The number of carbonyl (C=O) groups excluding carboxylic acids is 2. The third-order valence-corrected chi connectivity index (χ3v) is 4.29. The van der Waals surface area contributed by atoms with Crippen molar-refractivity contribution in [1.82, 2.24) is 14.5 Å². The molecule has 0 unspecified atom stereocenters. The molecule has 116 valence electrons. The van der Waals surface area contributed by atoms with E-state index in [-0.39, 0.29) is 18.4 Å². The van der Waals surface area contributed by atoms with E-state index in [0.29, 0.717) is 6.54 Å². The van der Waals surface area contributed by atoms with Crippen molar-refractivity contribution in [3.8, 4) is 0 Å². The Kier molecular flexibility index (Phi) is 3.60. The second kappa shape index (κ2) is 5.44. The molecule has 2 heterocycles. The molecule has 2 amide bonds. The van der Waals surface area contributed by atoms with Gasteiger partial charge in [-0.15, -0.1) is 0 Å². The van der Waals surface area contributed by atoms with Crippen LogP contribution >= 0.6 is 0 Å². The molecule has 0 saturated carbocycles. The van der Waals surface area contributed by atoms with E-state index in [1.165, 1.54) is 11.8 Å². The average molecular weight is 300 g/mol. The number of rotatable bonds is 2. The topological polar surface area (TPSA) is 58.4 Å². The van der Waals surface area contributed by atoms with Crippen LogP contribution in [-0.4, -0.2) is 46.4 Å². The molecule has 6 nitrogen and oxygen atoms in total. The average Bonchev–Trinajstić information content (AvgIpc) is 2.88. The monoisotopic (exact) mass is 300 g/mol. The largest absolute Gasteiger partial charge is 0.337 e. The Hall–Kier alpha value is -2.37. The molecular weight excluding hydrogens is 280 g/mol. The Morgan fingerprint density at radius 2 is 2.14 bits per heavy atom. The highest BCUT2D eigenvalue weighted by Crippen LogP contribution is 2.32. The summed E-state index contributed by atoms with van der Waals surface area (Å²) in [5, 5.41) is 0. The van der Waals surface area contributed by atoms with Crippen LogP contribution in [0.25, 0.3) is 11.0 Å². The summed E-state index contributed by atoms with van der Waals surface area (Å²) in [6.45, 7) is 2.26. The normalized spacial score (nSPS) is 14.0. The summed E-state index contributed by atoms with van der Waals surface area (Å²) in [4.78, 5) is 31.6. The highest BCUT2D eigenvalue weighted by Gasteiger charge is 2.26. The lowest BCUT2D eigenvalue weighted by Gasteiger charge is -2.31. The molecule has 0 N–H and O–H groups in total. The van der Waals surface area contributed by atoms with Crippen molar-refractivity contribution in [2.45, 2.75) is 19.8 Å². The van der Waals surface area contributed by atoms with Crippen LogP contribution in [0.4, 0.5) is 5.69 Å². The molecule has 0 fully saturated rings. The SMILES string of the molecule is CC(=O)N(C)CC(=O)N1CCCc2c1ccc1c2ncn1C. The summed E-state index contributed by atoms with van der Waals surface area (Å²) in [6, 6.07) is 3.99. The number of carbonyl (C=O) groups is 2. The van der Waals surface area contributed by atoms with Crippen molar-refractivity contribution in [3.05, 3.63) is 24.0 Å². The highest BCUT2D eigenvalue weighted by molar-refractivity contribution is 6.00. The molecule has 22 heavy (non-hydrogen) atoms. The van der Waals surface area contributed by atoms with Gasteiger partial charge in [0.1, 0.15) is 0 Å². The van der Waals surface area contributed by atoms with Gasteiger partial charge in [-0.3, -0.25) is 9.59 Å². The number of likely N-dealkylation sites (N-methyl/N-ethyl adjacent to an activating group) is 1. The minimum Gasteiger partial charge on any atom is -0.337 e. The number of imidazole rings is 1. The minimum absolute atomic E-state index is 0.0473. The van der Waals surface area contributed by atoms with Crippen molar-refractivity contribution >= 4 is 28.5 Å². The minimum atomic E-state index is -0.106. The predicted octanol–water partition coefficient (Wildman–Crippen LogP) is 1.33. The van der Waals surface area contributed by atoms with Gasteiger partial charge in [0.05, 0.1) is 23.9 Å². The molecule has 0 aliphatic carbocycles. The van der Waals surface area contributed by atoms with Gasteiger partial charge in [-0.25, -0.2) is 4.98 Å². The van der Waals surface area contributed by atoms with Crippen molar-refractivity contribution in [2.75, 3.05) is 25.0 Å². The van der Waals surface area contributed by atoms with Crippen molar-refractivity contribution in [1.29, 1.82) is 0 Å². The lowest BCUT2D eigenvalue weighted by molar-refractivity contribution is -0.132. The van der Waals surface area contributed by atoms with E-state index in [1.54, 1.807) is 18.3 Å². The van der Waals surface area contributed by atoms with Crippen LogP contribution in [0.5, 0.6) is 0 Å². The first kappa shape index (κ1) is 14.6. The number of hydrogen-bond donors (Lipinski definition) is 0. The van der Waals surface area contributed by atoms with Gasteiger partial charge >= 0.3 is 0 Å². The third kappa shape index (κ3) is 2.34. The van der Waals surface area contributed by atoms with Crippen LogP contribution in [0.2, 0.25) is 0 Å². The Balaban J connectivity index is 1.96. The van der Waals surface area contributed by atoms with Gasteiger partial charge in [0.15, 0.2) is 0 Å². The van der Waals surface area contributed by atoms with Crippen molar-refractivity contribution in [2.24, 2.45) is 7.05 Å². The van der Waals surface area contributed by atoms with Crippen LogP contribution in [0.15, 0.2) is 18.5 Å². The predicted molar refractivity (Wildman–Crippen MR) is 84.7 cm³/mol. The molecule has 1 aliphatic rings. The molecule has 0 bridgehead atoms. The molecule has 1 aromatic heterocycles. The van der Waals surface area contributed by atoms with Gasteiger partial charge in [-0.2, -0.15) is 0 Å². The summed E-state index contributed by atoms with van der Waals surface area (Å²) in [5.41, 5.74) is 4.11. The summed E-state index contributed by atoms with van der Waals surface area (Å²) < 4.78 is 1.99. The molecule has 0 spiro atoms. The van der Waals surface area contributed by atoms with Gasteiger partial charge in [0.2, 0.25) is 11.8 Å². The highest BCUT2D eigenvalue weighted by atomic mass is 16.2. The van der Waals surface area contributed by atoms with E-state index in [2.05, 4.69) is 4.98 Å². The fourth-order valence-corrected chi connectivity index (χ4v) is 2.94. The first-order chi connectivity index (χ1) is 10.5. The van der Waals surface area contributed by atoms with E-state index in [9.17, 15) is 9.59 Å². The second-order valence-electron chi connectivity index (χ2n) is 5.81. The van der Waals surface area contributed by atoms with Gasteiger partial charge in [0, 0.05) is 38.8 Å². The Labute approximate surface area is 129 Å². The van der Waals surface area contributed by atoms with Crippen LogP contribution in [-0.2, 0) is 23.1 Å². The summed E-state index contributed by atoms with van der Waals surface area (Å²) >= 11 is 0. The van der Waals surface area contributed by atoms with Gasteiger partial charge in [-0.05, 0) is 25.0 Å². The lowest BCUT2D eigenvalue weighted by atomic mass is 10.00. The lowest BCUT2D eigenvalue weighted by Crippen LogP contribution is -2.42. The van der Waals surface area contributed by atoms with Crippen LogP contribution in [0, 0.1) is 0 Å². The fraction of sp³-hybridized carbons (Fsp3) is 0.438. The second-order valence-corrected chi connectivity index (χ2v) is 5.81. The van der Waals surface area contributed by atoms with Gasteiger partial charge < -0.3 is 14.4 Å². The Bertz CT molecular complexity index is 750. The molecule has 0 saturated heterocycles. The van der Waals surface area contributed by atoms with E-state index >= 15 is 0 Å². The van der Waals surface area contributed by atoms with E-state index in [1.807, 2.05) is 23.7 Å². The molecule has 0 atom stereocenters. The van der Waals surface area contributed by atoms with Crippen molar-refractivity contribution in [3.63, 3.8) is 0 Å². The fourth-order valence-electron chi connectivity index (χ4n) is 2.94. The van der Waals surface area contributed by atoms with Gasteiger partial charge in [0.25, 0.3) is 0 Å². The zero-order chi connectivity index (χ0) is 15.9. The zero-order valence-electron chi connectivity index (χ0n) is 13.2. The number of fused-ring (bicyclic) bond motifs is 3. The van der Waals surface area contributed by atoms with Crippen molar-refractivity contribution < 1.29 is 9.59 Å². The van der Waals surface area contributed by atoms with Crippen LogP contribution in [0.1, 0.15) is 18.9 Å². The molecule has 2 aromatic rings. The first-order valence-corrected chi connectivity index (χ1v) is 7.44. The number of anilines is 1. The number of nitrogens with zero attached hydrogens (tertiary/aromatic N) is 4. The maximum atomic E-state index is 12.5. The number of aromatic nitrogens is 2. The quantitative estimate of drug-likeness (QED) is 0.841. The number of hydrogen-bond acceptors (Lipinski definition) is 3. The molecule has 6 heteroatoms. The first-order valence-electron chi connectivity index (χ1n) is 7.44. The number of benzene rings is 1. The summed E-state index contributed by atoms with van der Waals surface area (Å²) in [7, 11) is 3.61. The summed E-state index contributed by atoms with van der Waals surface area (Å²) in [5.74, 6) is -0.153. The Morgan fingerprint density at radius 1 is 1.36 bits per heavy atom. The molecule has 3 rings (SSSR count). The van der Waals surface area contributed by atoms with Crippen LogP contribution < -0.4 is 4.90 Å². The summed E-state index contributed by atoms with van der Waals surface area (Å²) in [6.07, 6.45) is 3.64. The molecular formula is C16H20N4O2. The van der Waals surface area contributed by atoms with E-state index < -0.39 is 0 Å². The van der Waals surface area contributed by atoms with E-state index in [4.69, 9.17) is 0 Å². The number of amides is 2. The zero-order valence-corrected chi connectivity index (χ0v) is 13.2. The smallest absolute Gasteiger partial charge is 0.246 e. The molecule has 1 aliphatic heterocycles. The standard InChI is InChI=1S/C16H20N4O2/c1-11(21)18(2)9-15(22)20-8-4-5-12-13(20)6-7-14-16(12)17-10-19(14)3/h6-7,10H,4-5,8-9H2,1-3H3. The molecule has 1 aromatic carbocycles.